The molecule has 88 valence electrons. The molecule has 0 radical (unpaired) electrons. The van der Waals surface area contributed by atoms with Crippen LogP contribution in [0.3, 0.4) is 0 Å². The minimum absolute atomic E-state index is 0.0274. The second-order valence-electron chi connectivity index (χ2n) is 4.77. The summed E-state index contributed by atoms with van der Waals surface area (Å²) in [5.41, 5.74) is 10.1. The van der Waals surface area contributed by atoms with Crippen LogP contribution >= 0.6 is 0 Å². The second kappa shape index (κ2) is 4.98. The van der Waals surface area contributed by atoms with Gasteiger partial charge >= 0.3 is 0 Å². The highest BCUT2D eigenvalue weighted by Gasteiger charge is 2.22. The normalized spacial score (nSPS) is 23.1. The SMILES string of the molecule is Cc1ccc(C(N)C2CCCCO2)cc1C. The zero-order valence-corrected chi connectivity index (χ0v) is 10.2. The first-order valence-corrected chi connectivity index (χ1v) is 6.13. The van der Waals surface area contributed by atoms with Crippen LogP contribution < -0.4 is 5.73 Å². The molecule has 2 atom stereocenters. The fraction of sp³-hybridized carbons (Fsp3) is 0.571. The summed E-state index contributed by atoms with van der Waals surface area (Å²) in [6.45, 7) is 5.12. The molecule has 0 saturated carbocycles. The summed E-state index contributed by atoms with van der Waals surface area (Å²) in [6.07, 6.45) is 3.71. The molecule has 0 bridgehead atoms. The highest BCUT2D eigenvalue weighted by molar-refractivity contribution is 5.32. The van der Waals surface area contributed by atoms with Crippen molar-refractivity contribution in [1.29, 1.82) is 0 Å². The van der Waals surface area contributed by atoms with Crippen molar-refractivity contribution in [3.05, 3.63) is 34.9 Å². The van der Waals surface area contributed by atoms with Gasteiger partial charge in [0.25, 0.3) is 0 Å². The number of aryl methyl sites for hydroxylation is 2. The molecule has 1 heterocycles. The van der Waals surface area contributed by atoms with Crippen molar-refractivity contribution >= 4 is 0 Å². The van der Waals surface area contributed by atoms with E-state index in [1.54, 1.807) is 0 Å². The van der Waals surface area contributed by atoms with E-state index in [0.717, 1.165) is 13.0 Å². The maximum absolute atomic E-state index is 6.26. The van der Waals surface area contributed by atoms with Gasteiger partial charge < -0.3 is 10.5 Å². The van der Waals surface area contributed by atoms with Crippen molar-refractivity contribution in [2.45, 2.75) is 45.3 Å². The predicted octanol–water partition coefficient (Wildman–Crippen LogP) is 2.87. The second-order valence-corrected chi connectivity index (χ2v) is 4.77. The van der Waals surface area contributed by atoms with Crippen LogP contribution in [0.4, 0.5) is 0 Å². The van der Waals surface area contributed by atoms with Gasteiger partial charge in [-0.05, 0) is 49.8 Å². The summed E-state index contributed by atoms with van der Waals surface area (Å²) in [5, 5.41) is 0. The van der Waals surface area contributed by atoms with Gasteiger partial charge in [0.05, 0.1) is 12.1 Å². The molecule has 1 aromatic rings. The van der Waals surface area contributed by atoms with E-state index in [9.17, 15) is 0 Å². The van der Waals surface area contributed by atoms with Crippen molar-refractivity contribution < 1.29 is 4.74 Å². The highest BCUT2D eigenvalue weighted by Crippen LogP contribution is 2.25. The zero-order valence-electron chi connectivity index (χ0n) is 10.2. The first-order valence-electron chi connectivity index (χ1n) is 6.13. The van der Waals surface area contributed by atoms with Gasteiger partial charge in [0.15, 0.2) is 0 Å². The molecule has 1 saturated heterocycles. The Morgan fingerprint density at radius 1 is 1.25 bits per heavy atom. The van der Waals surface area contributed by atoms with E-state index in [2.05, 4.69) is 32.0 Å². The summed E-state index contributed by atoms with van der Waals surface area (Å²) in [5.74, 6) is 0. The molecular weight excluding hydrogens is 198 g/mol. The van der Waals surface area contributed by atoms with E-state index in [4.69, 9.17) is 10.5 Å². The molecule has 0 spiro atoms. The number of rotatable bonds is 2. The van der Waals surface area contributed by atoms with Gasteiger partial charge in [-0.15, -0.1) is 0 Å². The van der Waals surface area contributed by atoms with Gasteiger partial charge in [0, 0.05) is 6.61 Å². The average molecular weight is 219 g/mol. The third-order valence-electron chi connectivity index (χ3n) is 3.53. The third kappa shape index (κ3) is 2.45. The van der Waals surface area contributed by atoms with Gasteiger partial charge in [-0.25, -0.2) is 0 Å². The highest BCUT2D eigenvalue weighted by atomic mass is 16.5. The Balaban J connectivity index is 2.12. The van der Waals surface area contributed by atoms with E-state index >= 15 is 0 Å². The molecule has 2 heteroatoms. The summed E-state index contributed by atoms with van der Waals surface area (Å²) < 4.78 is 5.74. The Labute approximate surface area is 97.8 Å². The molecule has 1 aromatic carbocycles. The minimum Gasteiger partial charge on any atom is -0.376 e. The van der Waals surface area contributed by atoms with Crippen molar-refractivity contribution in [3.63, 3.8) is 0 Å². The Bertz CT molecular complexity index is 356. The Hall–Kier alpha value is -0.860. The molecule has 2 N–H and O–H groups in total. The van der Waals surface area contributed by atoms with Crippen LogP contribution in [-0.2, 0) is 4.74 Å². The molecule has 1 aliphatic rings. The van der Waals surface area contributed by atoms with E-state index in [1.165, 1.54) is 29.5 Å². The van der Waals surface area contributed by atoms with E-state index in [-0.39, 0.29) is 12.1 Å². The minimum atomic E-state index is 0.0274. The van der Waals surface area contributed by atoms with Gasteiger partial charge in [-0.3, -0.25) is 0 Å². The number of ether oxygens (including phenoxy) is 1. The molecule has 2 nitrogen and oxygen atoms in total. The molecule has 1 aliphatic heterocycles. The van der Waals surface area contributed by atoms with Gasteiger partial charge in [-0.1, -0.05) is 18.2 Å². The Morgan fingerprint density at radius 3 is 2.69 bits per heavy atom. The summed E-state index contributed by atoms with van der Waals surface area (Å²) in [7, 11) is 0. The van der Waals surface area contributed by atoms with Gasteiger partial charge in [0.1, 0.15) is 0 Å². The van der Waals surface area contributed by atoms with E-state index in [1.807, 2.05) is 0 Å². The molecule has 2 unspecified atom stereocenters. The number of nitrogens with two attached hydrogens (primary N) is 1. The average Bonchev–Trinajstić information content (AvgIpc) is 2.33. The summed E-state index contributed by atoms with van der Waals surface area (Å²) in [4.78, 5) is 0. The number of benzene rings is 1. The standard InChI is InChI=1S/C14H21NO/c1-10-6-7-12(9-11(10)2)14(15)13-5-3-4-8-16-13/h6-7,9,13-14H,3-5,8,15H2,1-2H3. The van der Waals surface area contributed by atoms with Crippen LogP contribution in [0.5, 0.6) is 0 Å². The van der Waals surface area contributed by atoms with Crippen molar-refractivity contribution in [2.75, 3.05) is 6.61 Å². The number of hydrogen-bond donors (Lipinski definition) is 1. The van der Waals surface area contributed by atoms with Crippen LogP contribution in [0.25, 0.3) is 0 Å². The molecule has 2 rings (SSSR count). The van der Waals surface area contributed by atoms with Gasteiger partial charge in [0.2, 0.25) is 0 Å². The van der Waals surface area contributed by atoms with Crippen LogP contribution in [0, 0.1) is 13.8 Å². The first-order chi connectivity index (χ1) is 7.68. The third-order valence-corrected chi connectivity index (χ3v) is 3.53. The fourth-order valence-electron chi connectivity index (χ4n) is 2.24. The van der Waals surface area contributed by atoms with Crippen LogP contribution in [0.2, 0.25) is 0 Å². The Kier molecular flexibility index (Phi) is 3.62. The first kappa shape index (κ1) is 11.6. The Morgan fingerprint density at radius 2 is 2.06 bits per heavy atom. The topological polar surface area (TPSA) is 35.2 Å². The maximum atomic E-state index is 6.26. The predicted molar refractivity (Wildman–Crippen MR) is 66.4 cm³/mol. The molecule has 16 heavy (non-hydrogen) atoms. The maximum Gasteiger partial charge on any atom is 0.0767 e. The van der Waals surface area contributed by atoms with Crippen molar-refractivity contribution in [3.8, 4) is 0 Å². The van der Waals surface area contributed by atoms with E-state index < -0.39 is 0 Å². The summed E-state index contributed by atoms with van der Waals surface area (Å²) in [6, 6.07) is 6.50. The lowest BCUT2D eigenvalue weighted by Crippen LogP contribution is -2.31. The van der Waals surface area contributed by atoms with E-state index in [0.29, 0.717) is 0 Å². The lowest BCUT2D eigenvalue weighted by atomic mass is 9.94. The largest absolute Gasteiger partial charge is 0.376 e. The molecule has 0 aromatic heterocycles. The van der Waals surface area contributed by atoms with Crippen LogP contribution in [0.15, 0.2) is 18.2 Å². The molecule has 0 amide bonds. The number of hydrogen-bond acceptors (Lipinski definition) is 2. The van der Waals surface area contributed by atoms with Crippen LogP contribution in [0.1, 0.15) is 42.0 Å². The molecule has 0 aliphatic carbocycles. The lowest BCUT2D eigenvalue weighted by Gasteiger charge is -2.28. The smallest absolute Gasteiger partial charge is 0.0767 e. The zero-order chi connectivity index (χ0) is 11.5. The van der Waals surface area contributed by atoms with Gasteiger partial charge in [-0.2, -0.15) is 0 Å². The molecular formula is C14H21NO. The quantitative estimate of drug-likeness (QED) is 0.830. The lowest BCUT2D eigenvalue weighted by molar-refractivity contribution is 0.00000418. The monoisotopic (exact) mass is 219 g/mol. The fourth-order valence-corrected chi connectivity index (χ4v) is 2.24. The van der Waals surface area contributed by atoms with Crippen LogP contribution in [-0.4, -0.2) is 12.7 Å². The summed E-state index contributed by atoms with van der Waals surface area (Å²) >= 11 is 0. The van der Waals surface area contributed by atoms with Crippen molar-refractivity contribution in [2.24, 2.45) is 5.73 Å². The van der Waals surface area contributed by atoms with Crippen molar-refractivity contribution in [1.82, 2.24) is 0 Å². The molecule has 1 fully saturated rings.